The molecule has 5 heteroatoms. The number of hydrogen-bond donors (Lipinski definition) is 3. The highest BCUT2D eigenvalue weighted by molar-refractivity contribution is 5.91. The first-order chi connectivity index (χ1) is 8.74. The zero-order chi connectivity index (χ0) is 13.0. The minimum Gasteiger partial charge on any atom is -0.455 e. The average Bonchev–Trinajstić information content (AvgIpc) is 3.04. The Morgan fingerprint density at radius 3 is 2.89 bits per heavy atom. The highest BCUT2D eigenvalue weighted by atomic mass is 16.4. The summed E-state index contributed by atoms with van der Waals surface area (Å²) in [6.07, 6.45) is 3.25. The highest BCUT2D eigenvalue weighted by Crippen LogP contribution is 2.30. The molecule has 1 aliphatic carbocycles. The summed E-state index contributed by atoms with van der Waals surface area (Å²) in [5.74, 6) is 1.39. The van der Waals surface area contributed by atoms with Crippen LogP contribution in [-0.4, -0.2) is 24.2 Å². The number of aliphatic hydroxyl groups is 1. The molecule has 18 heavy (non-hydrogen) atoms. The van der Waals surface area contributed by atoms with E-state index >= 15 is 0 Å². The first kappa shape index (κ1) is 13.1. The van der Waals surface area contributed by atoms with Crippen LogP contribution in [0.25, 0.3) is 0 Å². The number of nitrogens with one attached hydrogen (secondary N) is 1. The molecule has 0 bridgehead atoms. The molecule has 4 N–H and O–H groups in total. The molecule has 0 aliphatic heterocycles. The zero-order valence-corrected chi connectivity index (χ0v) is 10.4. The molecule has 5 nitrogen and oxygen atoms in total. The van der Waals surface area contributed by atoms with Crippen LogP contribution < -0.4 is 11.1 Å². The van der Waals surface area contributed by atoms with E-state index in [0.717, 1.165) is 19.3 Å². The van der Waals surface area contributed by atoms with Crippen molar-refractivity contribution in [2.24, 2.45) is 17.6 Å². The molecule has 0 spiro atoms. The third-order valence-electron chi connectivity index (χ3n) is 3.66. The van der Waals surface area contributed by atoms with Gasteiger partial charge in [-0.05, 0) is 36.8 Å². The van der Waals surface area contributed by atoms with Crippen molar-refractivity contribution < 1.29 is 14.3 Å². The number of aliphatic hydroxyl groups excluding tert-OH is 1. The van der Waals surface area contributed by atoms with Gasteiger partial charge in [-0.15, -0.1) is 0 Å². The predicted molar refractivity (Wildman–Crippen MR) is 66.8 cm³/mol. The van der Waals surface area contributed by atoms with Gasteiger partial charge in [0.2, 0.25) is 0 Å². The monoisotopic (exact) mass is 252 g/mol. The summed E-state index contributed by atoms with van der Waals surface area (Å²) in [5, 5.41) is 12.1. The Hall–Kier alpha value is -1.33. The maximum Gasteiger partial charge on any atom is 0.287 e. The molecular formula is C13H20N2O3. The number of furan rings is 1. The quantitative estimate of drug-likeness (QED) is 0.725. The van der Waals surface area contributed by atoms with Crippen LogP contribution in [0, 0.1) is 11.8 Å². The molecule has 1 heterocycles. The van der Waals surface area contributed by atoms with Crippen LogP contribution in [0.15, 0.2) is 16.5 Å². The fraction of sp³-hybridized carbons (Fsp3) is 0.615. The van der Waals surface area contributed by atoms with Crippen LogP contribution in [-0.2, 0) is 6.54 Å². The van der Waals surface area contributed by atoms with Crippen LogP contribution in [0.3, 0.4) is 0 Å². The van der Waals surface area contributed by atoms with Crippen molar-refractivity contribution in [1.82, 2.24) is 5.32 Å². The van der Waals surface area contributed by atoms with E-state index < -0.39 is 0 Å². The summed E-state index contributed by atoms with van der Waals surface area (Å²) in [6, 6.07) is 3.34. The third kappa shape index (κ3) is 2.91. The lowest BCUT2D eigenvalue weighted by Crippen LogP contribution is -2.31. The van der Waals surface area contributed by atoms with Crippen molar-refractivity contribution in [3.63, 3.8) is 0 Å². The van der Waals surface area contributed by atoms with E-state index in [2.05, 4.69) is 5.32 Å². The molecule has 0 saturated heterocycles. The van der Waals surface area contributed by atoms with E-state index in [1.54, 1.807) is 12.1 Å². The van der Waals surface area contributed by atoms with Crippen molar-refractivity contribution >= 4 is 5.91 Å². The molecule has 0 radical (unpaired) electrons. The first-order valence-electron chi connectivity index (χ1n) is 6.42. The molecule has 2 unspecified atom stereocenters. The van der Waals surface area contributed by atoms with Crippen LogP contribution in [0.5, 0.6) is 0 Å². The summed E-state index contributed by atoms with van der Waals surface area (Å²) in [7, 11) is 0. The van der Waals surface area contributed by atoms with Gasteiger partial charge in [0.05, 0.1) is 6.54 Å². The summed E-state index contributed by atoms with van der Waals surface area (Å²) < 4.78 is 5.28. The Labute approximate surface area is 106 Å². The van der Waals surface area contributed by atoms with E-state index in [-0.39, 0.29) is 12.5 Å². The lowest BCUT2D eigenvalue weighted by molar-refractivity contribution is 0.0908. The van der Waals surface area contributed by atoms with E-state index in [4.69, 9.17) is 10.2 Å². The molecule has 1 fully saturated rings. The molecule has 1 aromatic rings. The summed E-state index contributed by atoms with van der Waals surface area (Å²) in [6.45, 7) is 1.10. The topological polar surface area (TPSA) is 88.5 Å². The number of amides is 1. The lowest BCUT2D eigenvalue weighted by atomic mass is 9.97. The van der Waals surface area contributed by atoms with Gasteiger partial charge in [-0.3, -0.25) is 4.79 Å². The predicted octanol–water partition coefficient (Wildman–Crippen LogP) is 0.877. The average molecular weight is 252 g/mol. The Morgan fingerprint density at radius 1 is 1.44 bits per heavy atom. The second-order valence-corrected chi connectivity index (χ2v) is 4.81. The lowest BCUT2D eigenvalue weighted by Gasteiger charge is -2.17. The summed E-state index contributed by atoms with van der Waals surface area (Å²) >= 11 is 0. The van der Waals surface area contributed by atoms with E-state index in [9.17, 15) is 9.90 Å². The van der Waals surface area contributed by atoms with Gasteiger partial charge in [0.1, 0.15) is 5.76 Å². The van der Waals surface area contributed by atoms with Crippen LogP contribution in [0.4, 0.5) is 0 Å². The number of hydrogen-bond acceptors (Lipinski definition) is 4. The van der Waals surface area contributed by atoms with Gasteiger partial charge in [0.25, 0.3) is 5.91 Å². The fourth-order valence-corrected chi connectivity index (χ4v) is 2.54. The van der Waals surface area contributed by atoms with Gasteiger partial charge in [-0.25, -0.2) is 0 Å². The van der Waals surface area contributed by atoms with E-state index in [0.29, 0.717) is 36.4 Å². The first-order valence-corrected chi connectivity index (χ1v) is 6.42. The standard InChI is InChI=1S/C13H20N2O3/c14-6-11-4-5-12(18-11)13(17)15-7-9-2-1-3-10(9)8-16/h4-5,9-10,16H,1-3,6-8,14H2,(H,15,17). The van der Waals surface area contributed by atoms with Gasteiger partial charge >= 0.3 is 0 Å². The number of carbonyl (C=O) groups is 1. The number of nitrogens with two attached hydrogens (primary N) is 1. The fourth-order valence-electron chi connectivity index (χ4n) is 2.54. The maximum absolute atomic E-state index is 11.8. The molecule has 1 amide bonds. The minimum absolute atomic E-state index is 0.207. The minimum atomic E-state index is -0.210. The van der Waals surface area contributed by atoms with Gasteiger partial charge in [-0.1, -0.05) is 6.42 Å². The van der Waals surface area contributed by atoms with Gasteiger partial charge in [-0.2, -0.15) is 0 Å². The third-order valence-corrected chi connectivity index (χ3v) is 3.66. The number of rotatable bonds is 5. The Morgan fingerprint density at radius 2 is 2.22 bits per heavy atom. The summed E-state index contributed by atoms with van der Waals surface area (Å²) in [5.41, 5.74) is 5.42. The molecule has 1 aromatic heterocycles. The van der Waals surface area contributed by atoms with Gasteiger partial charge in [0, 0.05) is 13.2 Å². The second-order valence-electron chi connectivity index (χ2n) is 4.81. The number of carbonyl (C=O) groups excluding carboxylic acids is 1. The molecule has 2 rings (SSSR count). The smallest absolute Gasteiger partial charge is 0.287 e. The van der Waals surface area contributed by atoms with Crippen molar-refractivity contribution in [2.45, 2.75) is 25.8 Å². The SMILES string of the molecule is NCc1ccc(C(=O)NCC2CCCC2CO)o1. The molecule has 0 aromatic carbocycles. The summed E-state index contributed by atoms with van der Waals surface area (Å²) in [4.78, 5) is 11.8. The molecule has 100 valence electrons. The molecule has 1 aliphatic rings. The van der Waals surface area contributed by atoms with Gasteiger partial charge in [0.15, 0.2) is 5.76 Å². The van der Waals surface area contributed by atoms with Crippen LogP contribution >= 0.6 is 0 Å². The van der Waals surface area contributed by atoms with E-state index in [1.165, 1.54) is 0 Å². The molecular weight excluding hydrogens is 232 g/mol. The van der Waals surface area contributed by atoms with Crippen molar-refractivity contribution in [2.75, 3.05) is 13.2 Å². The highest BCUT2D eigenvalue weighted by Gasteiger charge is 2.27. The zero-order valence-electron chi connectivity index (χ0n) is 10.4. The second kappa shape index (κ2) is 6.02. The van der Waals surface area contributed by atoms with Crippen molar-refractivity contribution in [3.8, 4) is 0 Å². The van der Waals surface area contributed by atoms with Crippen LogP contribution in [0.1, 0.15) is 35.6 Å². The van der Waals surface area contributed by atoms with E-state index in [1.807, 2.05) is 0 Å². The Balaban J connectivity index is 1.84. The van der Waals surface area contributed by atoms with Crippen molar-refractivity contribution in [3.05, 3.63) is 23.7 Å². The Kier molecular flexibility index (Phi) is 4.38. The largest absolute Gasteiger partial charge is 0.455 e. The van der Waals surface area contributed by atoms with Crippen molar-refractivity contribution in [1.29, 1.82) is 0 Å². The molecule has 2 atom stereocenters. The molecule has 1 saturated carbocycles. The van der Waals surface area contributed by atoms with Crippen LogP contribution in [0.2, 0.25) is 0 Å². The normalized spacial score (nSPS) is 23.2. The van der Waals surface area contributed by atoms with Gasteiger partial charge < -0.3 is 20.6 Å². The Bertz CT molecular complexity index is 403. The maximum atomic E-state index is 11.8.